The first-order chi connectivity index (χ1) is 11.3. The van der Waals surface area contributed by atoms with Gasteiger partial charge in [0, 0.05) is 17.0 Å². The molecule has 6 nitrogen and oxygen atoms in total. The maximum absolute atomic E-state index is 5.28. The van der Waals surface area contributed by atoms with Crippen LogP contribution in [0.1, 0.15) is 5.89 Å². The second kappa shape index (κ2) is 6.05. The van der Waals surface area contributed by atoms with Gasteiger partial charge >= 0.3 is 0 Å². The minimum absolute atomic E-state index is 0.564. The zero-order valence-electron chi connectivity index (χ0n) is 12.1. The van der Waals surface area contributed by atoms with E-state index in [-0.39, 0.29) is 0 Å². The van der Waals surface area contributed by atoms with Gasteiger partial charge in [-0.25, -0.2) is 4.98 Å². The Labute approximate surface area is 139 Å². The fraction of sp³-hybridized carbons (Fsp3) is 0.133. The molecule has 0 spiro atoms. The van der Waals surface area contributed by atoms with Crippen LogP contribution in [-0.4, -0.2) is 27.2 Å². The Hall–Kier alpha value is -2.32. The molecular weight excluding hydrogens is 332 g/mol. The van der Waals surface area contributed by atoms with Gasteiger partial charge in [-0.15, -0.1) is 0 Å². The quantitative estimate of drug-likeness (QED) is 0.552. The van der Waals surface area contributed by atoms with E-state index in [9.17, 15) is 0 Å². The maximum atomic E-state index is 5.28. The number of imidazole rings is 1. The Morgan fingerprint density at radius 3 is 3.09 bits per heavy atom. The van der Waals surface area contributed by atoms with E-state index in [1.807, 2.05) is 35.0 Å². The van der Waals surface area contributed by atoms with Crippen molar-refractivity contribution < 1.29 is 9.26 Å². The smallest absolute Gasteiger partial charge is 0.237 e. The molecular formula is C15H12N4O2S2. The van der Waals surface area contributed by atoms with Crippen LogP contribution < -0.4 is 4.74 Å². The Morgan fingerprint density at radius 1 is 1.30 bits per heavy atom. The van der Waals surface area contributed by atoms with Gasteiger partial charge in [0.05, 0.1) is 23.9 Å². The molecule has 0 aliphatic carbocycles. The molecule has 0 aliphatic rings. The lowest BCUT2D eigenvalue weighted by atomic mass is 10.3. The van der Waals surface area contributed by atoms with Gasteiger partial charge in [-0.3, -0.25) is 0 Å². The normalized spacial score (nSPS) is 11.2. The molecule has 116 valence electrons. The van der Waals surface area contributed by atoms with Gasteiger partial charge in [-0.2, -0.15) is 16.3 Å². The largest absolute Gasteiger partial charge is 0.497 e. The van der Waals surface area contributed by atoms with Gasteiger partial charge in [0.15, 0.2) is 5.16 Å². The van der Waals surface area contributed by atoms with Crippen LogP contribution in [0.4, 0.5) is 0 Å². The molecule has 0 saturated heterocycles. The SMILES string of the molecule is COc1ccc2nc(SCc3nc(-c4ccsc4)no3)[nH]c2c1. The van der Waals surface area contributed by atoms with E-state index < -0.39 is 0 Å². The first kappa shape index (κ1) is 14.3. The number of aromatic amines is 1. The number of methoxy groups -OCH3 is 1. The summed E-state index contributed by atoms with van der Waals surface area (Å²) in [5, 5.41) is 8.79. The number of thioether (sulfide) groups is 1. The van der Waals surface area contributed by atoms with Crippen molar-refractivity contribution in [2.45, 2.75) is 10.9 Å². The molecule has 0 radical (unpaired) electrons. The van der Waals surface area contributed by atoms with Crippen LogP contribution in [0, 0.1) is 0 Å². The topological polar surface area (TPSA) is 76.8 Å². The lowest BCUT2D eigenvalue weighted by Gasteiger charge is -1.96. The number of thiophene rings is 1. The fourth-order valence-electron chi connectivity index (χ4n) is 2.11. The van der Waals surface area contributed by atoms with Crippen LogP contribution in [0.25, 0.3) is 22.4 Å². The Balaban J connectivity index is 1.48. The summed E-state index contributed by atoms with van der Waals surface area (Å²) in [6.45, 7) is 0. The minimum Gasteiger partial charge on any atom is -0.497 e. The van der Waals surface area contributed by atoms with Crippen molar-refractivity contribution in [1.29, 1.82) is 0 Å². The summed E-state index contributed by atoms with van der Waals surface area (Å²) < 4.78 is 10.5. The Bertz CT molecular complexity index is 930. The third-order valence-corrected chi connectivity index (χ3v) is 4.79. The van der Waals surface area contributed by atoms with E-state index in [4.69, 9.17) is 9.26 Å². The third-order valence-electron chi connectivity index (χ3n) is 3.25. The van der Waals surface area contributed by atoms with E-state index in [0.717, 1.165) is 27.5 Å². The third kappa shape index (κ3) is 2.95. The van der Waals surface area contributed by atoms with Crippen molar-refractivity contribution in [3.63, 3.8) is 0 Å². The monoisotopic (exact) mass is 344 g/mol. The predicted molar refractivity (Wildman–Crippen MR) is 89.8 cm³/mol. The summed E-state index contributed by atoms with van der Waals surface area (Å²) >= 11 is 3.13. The molecule has 3 heterocycles. The van der Waals surface area contributed by atoms with Crippen LogP contribution in [0.2, 0.25) is 0 Å². The van der Waals surface area contributed by atoms with E-state index in [0.29, 0.717) is 17.5 Å². The summed E-state index contributed by atoms with van der Waals surface area (Å²) in [5.74, 6) is 2.56. The number of benzene rings is 1. The molecule has 1 N–H and O–H groups in total. The molecule has 4 aromatic rings. The summed E-state index contributed by atoms with van der Waals surface area (Å²) in [4.78, 5) is 12.2. The van der Waals surface area contributed by atoms with E-state index >= 15 is 0 Å². The molecule has 8 heteroatoms. The van der Waals surface area contributed by atoms with Gasteiger partial charge in [-0.05, 0) is 23.6 Å². The number of fused-ring (bicyclic) bond motifs is 1. The van der Waals surface area contributed by atoms with Crippen molar-refractivity contribution in [3.8, 4) is 17.1 Å². The number of nitrogens with zero attached hydrogens (tertiary/aromatic N) is 3. The van der Waals surface area contributed by atoms with Crippen LogP contribution in [-0.2, 0) is 5.75 Å². The number of ether oxygens (including phenoxy) is 1. The number of hydrogen-bond acceptors (Lipinski definition) is 7. The van der Waals surface area contributed by atoms with Crippen LogP contribution in [0.15, 0.2) is 44.7 Å². The first-order valence-corrected chi connectivity index (χ1v) is 8.76. The lowest BCUT2D eigenvalue weighted by molar-refractivity contribution is 0.391. The molecule has 0 atom stereocenters. The zero-order chi connectivity index (χ0) is 15.6. The predicted octanol–water partition coefficient (Wildman–Crippen LogP) is 3.98. The first-order valence-electron chi connectivity index (χ1n) is 6.83. The van der Waals surface area contributed by atoms with Crippen molar-refractivity contribution in [2.24, 2.45) is 0 Å². The maximum Gasteiger partial charge on any atom is 0.237 e. The van der Waals surface area contributed by atoms with Crippen molar-refractivity contribution in [3.05, 3.63) is 40.9 Å². The summed E-state index contributed by atoms with van der Waals surface area (Å²) in [5.41, 5.74) is 2.82. The highest BCUT2D eigenvalue weighted by Crippen LogP contribution is 2.26. The number of hydrogen-bond donors (Lipinski definition) is 1. The standard InChI is InChI=1S/C15H12N4O2S2/c1-20-10-2-3-11-12(6-10)17-15(16-11)23-8-13-18-14(19-21-13)9-4-5-22-7-9/h2-7H,8H2,1H3,(H,16,17). The van der Waals surface area contributed by atoms with Crippen LogP contribution >= 0.6 is 23.1 Å². The van der Waals surface area contributed by atoms with Gasteiger partial charge in [-0.1, -0.05) is 16.9 Å². The van der Waals surface area contributed by atoms with Gasteiger partial charge < -0.3 is 14.2 Å². The average Bonchev–Trinajstić information content (AvgIpc) is 3.30. The summed E-state index contributed by atoms with van der Waals surface area (Å²) in [7, 11) is 1.65. The lowest BCUT2D eigenvalue weighted by Crippen LogP contribution is -1.82. The molecule has 0 unspecified atom stereocenters. The molecule has 0 aliphatic heterocycles. The Morgan fingerprint density at radius 2 is 2.26 bits per heavy atom. The molecule has 0 fully saturated rings. The average molecular weight is 344 g/mol. The zero-order valence-corrected chi connectivity index (χ0v) is 13.8. The van der Waals surface area contributed by atoms with Crippen LogP contribution in [0.3, 0.4) is 0 Å². The fourth-order valence-corrected chi connectivity index (χ4v) is 3.47. The molecule has 23 heavy (non-hydrogen) atoms. The molecule has 0 amide bonds. The summed E-state index contributed by atoms with van der Waals surface area (Å²) in [6.07, 6.45) is 0. The highest BCUT2D eigenvalue weighted by atomic mass is 32.2. The highest BCUT2D eigenvalue weighted by molar-refractivity contribution is 7.98. The van der Waals surface area contributed by atoms with Crippen molar-refractivity contribution in [1.82, 2.24) is 20.1 Å². The van der Waals surface area contributed by atoms with E-state index in [1.165, 1.54) is 11.8 Å². The molecule has 4 rings (SSSR count). The number of rotatable bonds is 5. The number of H-pyrrole nitrogens is 1. The van der Waals surface area contributed by atoms with E-state index in [1.54, 1.807) is 18.4 Å². The van der Waals surface area contributed by atoms with Crippen molar-refractivity contribution in [2.75, 3.05) is 7.11 Å². The van der Waals surface area contributed by atoms with E-state index in [2.05, 4.69) is 20.1 Å². The number of nitrogens with one attached hydrogen (secondary N) is 1. The number of aromatic nitrogens is 4. The molecule has 0 bridgehead atoms. The van der Waals surface area contributed by atoms with Gasteiger partial charge in [0.2, 0.25) is 11.7 Å². The Kier molecular flexibility index (Phi) is 3.76. The second-order valence-electron chi connectivity index (χ2n) is 4.74. The van der Waals surface area contributed by atoms with Crippen molar-refractivity contribution >= 4 is 34.1 Å². The van der Waals surface area contributed by atoms with Crippen LogP contribution in [0.5, 0.6) is 5.75 Å². The molecule has 0 saturated carbocycles. The molecule has 3 aromatic heterocycles. The van der Waals surface area contributed by atoms with Gasteiger partial charge in [0.25, 0.3) is 0 Å². The molecule has 1 aromatic carbocycles. The second-order valence-corrected chi connectivity index (χ2v) is 6.48. The summed E-state index contributed by atoms with van der Waals surface area (Å²) in [6, 6.07) is 7.71. The van der Waals surface area contributed by atoms with Gasteiger partial charge in [0.1, 0.15) is 5.75 Å². The highest BCUT2D eigenvalue weighted by Gasteiger charge is 2.11. The minimum atomic E-state index is 0.564.